The lowest BCUT2D eigenvalue weighted by Crippen LogP contribution is -2.15. The number of thiazole rings is 1. The molecule has 2 aromatic rings. The van der Waals surface area contributed by atoms with E-state index in [1.54, 1.807) is 18.3 Å². The van der Waals surface area contributed by atoms with Crippen molar-refractivity contribution in [3.63, 3.8) is 0 Å². The average Bonchev–Trinajstić information content (AvgIpc) is 2.81. The summed E-state index contributed by atoms with van der Waals surface area (Å²) in [6, 6.07) is 10.2. The first-order valence-electron chi connectivity index (χ1n) is 5.68. The molecule has 3 nitrogen and oxygen atoms in total. The molecule has 1 heterocycles. The Labute approximate surface area is 105 Å². The quantitative estimate of drug-likeness (QED) is 0.901. The molecule has 0 spiro atoms. The molecule has 2 rings (SSSR count). The van der Waals surface area contributed by atoms with Crippen LogP contribution in [0.15, 0.2) is 35.7 Å². The molecule has 0 aliphatic carbocycles. The van der Waals surface area contributed by atoms with Crippen molar-refractivity contribution in [1.29, 1.82) is 0 Å². The van der Waals surface area contributed by atoms with Gasteiger partial charge >= 0.3 is 0 Å². The zero-order valence-electron chi connectivity index (χ0n) is 10.00. The molecule has 0 aliphatic heterocycles. The van der Waals surface area contributed by atoms with E-state index in [1.807, 2.05) is 23.6 Å². The fourth-order valence-electron chi connectivity index (χ4n) is 1.63. The summed E-state index contributed by atoms with van der Waals surface area (Å²) in [5.41, 5.74) is 1.86. The van der Waals surface area contributed by atoms with Gasteiger partial charge in [0.1, 0.15) is 0 Å². The Kier molecular flexibility index (Phi) is 3.76. The summed E-state index contributed by atoms with van der Waals surface area (Å²) in [5, 5.41) is 12.3. The van der Waals surface area contributed by atoms with Gasteiger partial charge in [0, 0.05) is 17.6 Å². The van der Waals surface area contributed by atoms with Gasteiger partial charge in [0.25, 0.3) is 0 Å². The number of hydrogen-bond donors (Lipinski definition) is 1. The van der Waals surface area contributed by atoms with Crippen LogP contribution in [0.4, 0.5) is 10.8 Å². The number of benzene rings is 1. The monoisotopic (exact) mass is 248 g/mol. The first-order valence-corrected chi connectivity index (χ1v) is 6.56. The van der Waals surface area contributed by atoms with Crippen LogP contribution < -0.4 is 4.90 Å². The van der Waals surface area contributed by atoms with E-state index in [4.69, 9.17) is 0 Å². The van der Waals surface area contributed by atoms with Crippen molar-refractivity contribution in [1.82, 2.24) is 4.98 Å². The summed E-state index contributed by atoms with van der Waals surface area (Å²) in [4.78, 5) is 6.59. The highest BCUT2D eigenvalue weighted by atomic mass is 32.1. The van der Waals surface area contributed by atoms with Gasteiger partial charge in [0.05, 0.1) is 11.8 Å². The number of aromatic nitrogens is 1. The fourth-order valence-corrected chi connectivity index (χ4v) is 2.62. The molecule has 0 aliphatic rings. The molecule has 0 amide bonds. The smallest absolute Gasteiger partial charge is 0.190 e. The SMILES string of the molecule is CCN(c1ccccc1)c1nc(C(C)O)cs1. The van der Waals surface area contributed by atoms with Crippen LogP contribution in [-0.4, -0.2) is 16.6 Å². The van der Waals surface area contributed by atoms with Crippen LogP contribution in [0, 0.1) is 0 Å². The summed E-state index contributed by atoms with van der Waals surface area (Å²) in [6.07, 6.45) is -0.505. The van der Waals surface area contributed by atoms with Gasteiger partial charge < -0.3 is 10.0 Å². The molecule has 90 valence electrons. The second kappa shape index (κ2) is 5.29. The molecule has 0 saturated heterocycles. The second-order valence-corrected chi connectivity index (χ2v) is 4.65. The third kappa shape index (κ3) is 2.65. The first-order chi connectivity index (χ1) is 8.22. The average molecular weight is 248 g/mol. The van der Waals surface area contributed by atoms with E-state index in [0.717, 1.165) is 23.1 Å². The largest absolute Gasteiger partial charge is 0.387 e. The van der Waals surface area contributed by atoms with Crippen molar-refractivity contribution >= 4 is 22.2 Å². The van der Waals surface area contributed by atoms with E-state index in [2.05, 4.69) is 28.9 Å². The molecule has 0 fully saturated rings. The normalized spacial score (nSPS) is 12.4. The van der Waals surface area contributed by atoms with Crippen LogP contribution in [0.25, 0.3) is 0 Å². The predicted molar refractivity (Wildman–Crippen MR) is 71.9 cm³/mol. The molecular formula is C13H16N2OS. The van der Waals surface area contributed by atoms with Crippen molar-refractivity contribution in [3.8, 4) is 0 Å². The molecule has 4 heteroatoms. The maximum Gasteiger partial charge on any atom is 0.190 e. The predicted octanol–water partition coefficient (Wildman–Crippen LogP) is 3.35. The standard InChI is InChI=1S/C13H16N2OS/c1-3-15(11-7-5-4-6-8-11)13-14-12(9-17-13)10(2)16/h4-10,16H,3H2,1-2H3. The van der Waals surface area contributed by atoms with Gasteiger partial charge in [-0.05, 0) is 26.0 Å². The number of aliphatic hydroxyl groups is 1. The van der Waals surface area contributed by atoms with E-state index in [0.29, 0.717) is 0 Å². The Morgan fingerprint density at radius 1 is 1.35 bits per heavy atom. The number of hydrogen-bond acceptors (Lipinski definition) is 4. The Bertz CT molecular complexity index is 467. The van der Waals surface area contributed by atoms with Crippen LogP contribution in [0.5, 0.6) is 0 Å². The third-order valence-corrected chi connectivity index (χ3v) is 3.43. The second-order valence-electron chi connectivity index (χ2n) is 3.81. The maximum atomic E-state index is 9.49. The number of para-hydroxylation sites is 1. The zero-order valence-corrected chi connectivity index (χ0v) is 10.8. The highest BCUT2D eigenvalue weighted by Crippen LogP contribution is 2.29. The van der Waals surface area contributed by atoms with E-state index in [1.165, 1.54) is 0 Å². The number of nitrogens with zero attached hydrogens (tertiary/aromatic N) is 2. The van der Waals surface area contributed by atoms with E-state index in [9.17, 15) is 5.11 Å². The lowest BCUT2D eigenvalue weighted by molar-refractivity contribution is 0.195. The maximum absolute atomic E-state index is 9.49. The molecular weight excluding hydrogens is 232 g/mol. The van der Waals surface area contributed by atoms with Crippen molar-refractivity contribution in [3.05, 3.63) is 41.4 Å². The van der Waals surface area contributed by atoms with E-state index in [-0.39, 0.29) is 0 Å². The van der Waals surface area contributed by atoms with Crippen LogP contribution in [0.1, 0.15) is 25.6 Å². The van der Waals surface area contributed by atoms with Gasteiger partial charge in [-0.3, -0.25) is 0 Å². The minimum atomic E-state index is -0.505. The minimum Gasteiger partial charge on any atom is -0.387 e. The molecule has 0 saturated carbocycles. The van der Waals surface area contributed by atoms with E-state index >= 15 is 0 Å². The van der Waals surface area contributed by atoms with Crippen molar-refractivity contribution < 1.29 is 5.11 Å². The van der Waals surface area contributed by atoms with Gasteiger partial charge in [-0.25, -0.2) is 4.98 Å². The first kappa shape index (κ1) is 12.1. The van der Waals surface area contributed by atoms with E-state index < -0.39 is 6.10 Å². The number of anilines is 2. The van der Waals surface area contributed by atoms with Gasteiger partial charge in [0.2, 0.25) is 0 Å². The van der Waals surface area contributed by atoms with Crippen molar-refractivity contribution in [2.75, 3.05) is 11.4 Å². The van der Waals surface area contributed by atoms with Crippen molar-refractivity contribution in [2.24, 2.45) is 0 Å². The molecule has 17 heavy (non-hydrogen) atoms. The summed E-state index contributed by atoms with van der Waals surface area (Å²) >= 11 is 1.56. The molecule has 0 bridgehead atoms. The van der Waals surface area contributed by atoms with Crippen LogP contribution in [0.3, 0.4) is 0 Å². The minimum absolute atomic E-state index is 0.505. The molecule has 0 radical (unpaired) electrons. The molecule has 1 N–H and O–H groups in total. The van der Waals surface area contributed by atoms with Crippen LogP contribution in [-0.2, 0) is 0 Å². The highest BCUT2D eigenvalue weighted by Gasteiger charge is 2.13. The molecule has 1 aromatic heterocycles. The Hall–Kier alpha value is -1.39. The van der Waals surface area contributed by atoms with Gasteiger partial charge in [0.15, 0.2) is 5.13 Å². The lowest BCUT2D eigenvalue weighted by Gasteiger charge is -2.19. The van der Waals surface area contributed by atoms with Gasteiger partial charge in [-0.2, -0.15) is 0 Å². The Morgan fingerprint density at radius 3 is 2.59 bits per heavy atom. The number of aliphatic hydroxyl groups excluding tert-OH is 1. The molecule has 1 unspecified atom stereocenters. The summed E-state index contributed by atoms with van der Waals surface area (Å²) in [5.74, 6) is 0. The summed E-state index contributed by atoms with van der Waals surface area (Å²) in [7, 11) is 0. The van der Waals surface area contributed by atoms with Crippen molar-refractivity contribution in [2.45, 2.75) is 20.0 Å². The highest BCUT2D eigenvalue weighted by molar-refractivity contribution is 7.13. The third-order valence-electron chi connectivity index (χ3n) is 2.55. The fraction of sp³-hybridized carbons (Fsp3) is 0.308. The van der Waals surface area contributed by atoms with Gasteiger partial charge in [-0.1, -0.05) is 18.2 Å². The van der Waals surface area contributed by atoms with Gasteiger partial charge in [-0.15, -0.1) is 11.3 Å². The van der Waals surface area contributed by atoms with Crippen LogP contribution >= 0.6 is 11.3 Å². The zero-order chi connectivity index (χ0) is 12.3. The molecule has 1 atom stereocenters. The van der Waals surface area contributed by atoms with Crippen LogP contribution in [0.2, 0.25) is 0 Å². The summed E-state index contributed by atoms with van der Waals surface area (Å²) < 4.78 is 0. The lowest BCUT2D eigenvalue weighted by atomic mass is 10.3. The summed E-state index contributed by atoms with van der Waals surface area (Å²) in [6.45, 7) is 4.69. The Morgan fingerprint density at radius 2 is 2.06 bits per heavy atom. The number of rotatable bonds is 4. The molecule has 1 aromatic carbocycles. The Balaban J connectivity index is 2.29. The topological polar surface area (TPSA) is 36.4 Å².